The highest BCUT2D eigenvalue weighted by atomic mass is 32.1. The Hall–Kier alpha value is -1.72. The Balaban J connectivity index is 1.85. The first kappa shape index (κ1) is 19.6. The fraction of sp³-hybridized carbons (Fsp3) is 0.522. The van der Waals surface area contributed by atoms with Gasteiger partial charge in [-0.25, -0.2) is 4.39 Å². The van der Waals surface area contributed by atoms with Gasteiger partial charge in [0.15, 0.2) is 0 Å². The van der Waals surface area contributed by atoms with E-state index < -0.39 is 0 Å². The molecule has 5 heteroatoms. The Morgan fingerprint density at radius 3 is 2.64 bits per heavy atom. The van der Waals surface area contributed by atoms with E-state index in [0.29, 0.717) is 5.92 Å². The molecular weight excluding hydrogens is 371 g/mol. The molecule has 0 bridgehead atoms. The molecule has 1 aliphatic heterocycles. The Bertz CT molecular complexity index is 854. The van der Waals surface area contributed by atoms with Crippen LogP contribution >= 0.6 is 11.3 Å². The van der Waals surface area contributed by atoms with Gasteiger partial charge in [0.05, 0.1) is 6.04 Å². The standard InChI is InChI=1S/C23H29FN2OS/c1-15-11-13-26(14-12-15)22(17-7-3-5-9-19(17)24)21-18-8-4-6-10-20(18)28-23(21)25-16(2)27/h3,5,7,9,15,22H,4,6,8,10-14H2,1-2H3,(H,25,27). The minimum absolute atomic E-state index is 0.0561. The second-order valence-corrected chi connectivity index (χ2v) is 9.38. The van der Waals surface area contributed by atoms with Gasteiger partial charge in [-0.1, -0.05) is 25.1 Å². The first-order valence-corrected chi connectivity index (χ1v) is 11.3. The lowest BCUT2D eigenvalue weighted by Gasteiger charge is -2.38. The SMILES string of the molecule is CC(=O)Nc1sc2c(c1C(c1ccccc1F)N1CCC(C)CC1)CCCC2. The number of thiophene rings is 1. The highest BCUT2D eigenvalue weighted by Gasteiger charge is 2.34. The van der Waals surface area contributed by atoms with Gasteiger partial charge in [-0.2, -0.15) is 0 Å². The molecule has 1 fully saturated rings. The largest absolute Gasteiger partial charge is 0.318 e. The monoisotopic (exact) mass is 400 g/mol. The maximum absolute atomic E-state index is 15.0. The Kier molecular flexibility index (Phi) is 5.83. The van der Waals surface area contributed by atoms with Crippen molar-refractivity contribution in [2.45, 2.75) is 58.4 Å². The summed E-state index contributed by atoms with van der Waals surface area (Å²) < 4.78 is 15.0. The molecule has 0 radical (unpaired) electrons. The number of rotatable bonds is 4. The van der Waals surface area contributed by atoms with Gasteiger partial charge in [-0.05, 0) is 69.2 Å². The van der Waals surface area contributed by atoms with Crippen molar-refractivity contribution in [3.8, 4) is 0 Å². The van der Waals surface area contributed by atoms with Crippen molar-refractivity contribution in [3.63, 3.8) is 0 Å². The molecule has 3 nitrogen and oxygen atoms in total. The van der Waals surface area contributed by atoms with E-state index in [-0.39, 0.29) is 17.8 Å². The molecule has 2 heterocycles. The number of carbonyl (C=O) groups excluding carboxylic acids is 1. The van der Waals surface area contributed by atoms with Gasteiger partial charge in [0.25, 0.3) is 0 Å². The van der Waals surface area contributed by atoms with E-state index >= 15 is 0 Å². The van der Waals surface area contributed by atoms with Crippen LogP contribution in [0.2, 0.25) is 0 Å². The lowest BCUT2D eigenvalue weighted by molar-refractivity contribution is -0.114. The van der Waals surface area contributed by atoms with Crippen LogP contribution in [-0.2, 0) is 17.6 Å². The number of likely N-dealkylation sites (tertiary alicyclic amines) is 1. The summed E-state index contributed by atoms with van der Waals surface area (Å²) in [6, 6.07) is 7.03. The molecule has 1 unspecified atom stereocenters. The van der Waals surface area contributed by atoms with Gasteiger partial charge < -0.3 is 5.32 Å². The number of hydrogen-bond acceptors (Lipinski definition) is 3. The zero-order chi connectivity index (χ0) is 19.7. The minimum atomic E-state index is -0.157. The van der Waals surface area contributed by atoms with Gasteiger partial charge in [-0.3, -0.25) is 9.69 Å². The van der Waals surface area contributed by atoms with E-state index in [1.54, 1.807) is 30.4 Å². The lowest BCUT2D eigenvalue weighted by atomic mass is 9.87. The van der Waals surface area contributed by atoms with Crippen LogP contribution in [0.25, 0.3) is 0 Å². The summed E-state index contributed by atoms with van der Waals surface area (Å²) in [5, 5.41) is 4.00. The maximum atomic E-state index is 15.0. The highest BCUT2D eigenvalue weighted by Crippen LogP contribution is 2.46. The summed E-state index contributed by atoms with van der Waals surface area (Å²) in [7, 11) is 0. The van der Waals surface area contributed by atoms with Crippen molar-refractivity contribution < 1.29 is 9.18 Å². The van der Waals surface area contributed by atoms with Crippen molar-refractivity contribution in [3.05, 3.63) is 51.7 Å². The zero-order valence-electron chi connectivity index (χ0n) is 16.8. The van der Waals surface area contributed by atoms with Crippen LogP contribution in [-0.4, -0.2) is 23.9 Å². The molecule has 0 spiro atoms. The smallest absolute Gasteiger partial charge is 0.221 e. The molecule has 1 N–H and O–H groups in total. The minimum Gasteiger partial charge on any atom is -0.318 e. The first-order chi connectivity index (χ1) is 13.5. The number of aryl methyl sites for hydroxylation is 1. The molecule has 2 aromatic rings. The summed E-state index contributed by atoms with van der Waals surface area (Å²) in [6.45, 7) is 5.78. The Morgan fingerprint density at radius 1 is 1.21 bits per heavy atom. The molecule has 0 saturated carbocycles. The number of carbonyl (C=O) groups is 1. The van der Waals surface area contributed by atoms with Crippen molar-refractivity contribution in [2.24, 2.45) is 5.92 Å². The average molecular weight is 401 g/mol. The summed E-state index contributed by atoms with van der Waals surface area (Å²) >= 11 is 1.70. The summed E-state index contributed by atoms with van der Waals surface area (Å²) in [4.78, 5) is 15.7. The van der Waals surface area contributed by atoms with Gasteiger partial charge in [0, 0.05) is 22.9 Å². The molecule has 1 aromatic carbocycles. The van der Waals surface area contributed by atoms with Crippen LogP contribution < -0.4 is 5.32 Å². The van der Waals surface area contributed by atoms with Crippen LogP contribution in [0.5, 0.6) is 0 Å². The van der Waals surface area contributed by atoms with Crippen molar-refractivity contribution in [2.75, 3.05) is 18.4 Å². The summed E-state index contributed by atoms with van der Waals surface area (Å²) in [6.07, 6.45) is 6.71. The number of anilines is 1. The van der Waals surface area contributed by atoms with Crippen LogP contribution in [0, 0.1) is 11.7 Å². The Morgan fingerprint density at radius 2 is 1.93 bits per heavy atom. The molecule has 1 aromatic heterocycles. The number of hydrogen-bond donors (Lipinski definition) is 1. The quantitative estimate of drug-likeness (QED) is 0.730. The molecule has 1 amide bonds. The van der Waals surface area contributed by atoms with E-state index in [1.807, 2.05) is 12.1 Å². The third kappa shape index (κ3) is 3.87. The predicted octanol–water partition coefficient (Wildman–Crippen LogP) is 5.55. The maximum Gasteiger partial charge on any atom is 0.221 e. The Labute approximate surface area is 170 Å². The number of piperidine rings is 1. The van der Waals surface area contributed by atoms with Crippen molar-refractivity contribution in [1.82, 2.24) is 4.90 Å². The topological polar surface area (TPSA) is 32.3 Å². The third-order valence-electron chi connectivity index (χ3n) is 6.16. The molecule has 150 valence electrons. The molecule has 2 aliphatic rings. The third-order valence-corrected chi connectivity index (χ3v) is 7.38. The molecule has 1 saturated heterocycles. The zero-order valence-corrected chi connectivity index (χ0v) is 17.6. The van der Waals surface area contributed by atoms with Crippen LogP contribution in [0.3, 0.4) is 0 Å². The number of fused-ring (bicyclic) bond motifs is 1. The van der Waals surface area contributed by atoms with E-state index in [9.17, 15) is 9.18 Å². The number of amides is 1. The average Bonchev–Trinajstić information content (AvgIpc) is 3.02. The van der Waals surface area contributed by atoms with Gasteiger partial charge >= 0.3 is 0 Å². The molecule has 1 aliphatic carbocycles. The number of nitrogens with one attached hydrogen (secondary N) is 1. The second-order valence-electron chi connectivity index (χ2n) is 8.28. The van der Waals surface area contributed by atoms with Crippen molar-refractivity contribution in [1.29, 1.82) is 0 Å². The van der Waals surface area contributed by atoms with Crippen molar-refractivity contribution >= 4 is 22.2 Å². The number of halogens is 1. The fourth-order valence-electron chi connectivity index (χ4n) is 4.65. The van der Waals surface area contributed by atoms with E-state index in [4.69, 9.17) is 0 Å². The van der Waals surface area contributed by atoms with Gasteiger partial charge in [-0.15, -0.1) is 11.3 Å². The molecule has 1 atom stereocenters. The van der Waals surface area contributed by atoms with Crippen LogP contribution in [0.4, 0.5) is 9.39 Å². The predicted molar refractivity (Wildman–Crippen MR) is 113 cm³/mol. The normalized spacial score (nSPS) is 19.2. The highest BCUT2D eigenvalue weighted by molar-refractivity contribution is 7.16. The van der Waals surface area contributed by atoms with Crippen LogP contribution in [0.15, 0.2) is 24.3 Å². The van der Waals surface area contributed by atoms with Gasteiger partial charge in [0.2, 0.25) is 5.91 Å². The lowest BCUT2D eigenvalue weighted by Crippen LogP contribution is -2.37. The number of benzene rings is 1. The van der Waals surface area contributed by atoms with E-state index in [1.165, 1.54) is 16.9 Å². The number of nitrogens with zero attached hydrogens (tertiary/aromatic N) is 1. The molecular formula is C23H29FN2OS. The summed E-state index contributed by atoms with van der Waals surface area (Å²) in [5.74, 6) is 0.499. The second kappa shape index (κ2) is 8.34. The first-order valence-electron chi connectivity index (χ1n) is 10.4. The summed E-state index contributed by atoms with van der Waals surface area (Å²) in [5.41, 5.74) is 3.23. The van der Waals surface area contributed by atoms with E-state index in [0.717, 1.165) is 61.3 Å². The van der Waals surface area contributed by atoms with Crippen LogP contribution in [0.1, 0.15) is 67.1 Å². The molecule has 4 rings (SSSR count). The molecule has 28 heavy (non-hydrogen) atoms. The van der Waals surface area contributed by atoms with E-state index in [2.05, 4.69) is 17.1 Å². The fourth-order valence-corrected chi connectivity index (χ4v) is 6.02. The van der Waals surface area contributed by atoms with Gasteiger partial charge in [0.1, 0.15) is 10.8 Å².